The molecule has 1 aromatic rings. The Labute approximate surface area is 121 Å². The zero-order valence-corrected chi connectivity index (χ0v) is 12.3. The summed E-state index contributed by atoms with van der Waals surface area (Å²) < 4.78 is 13.1. The number of halogens is 2. The molecule has 2 saturated heterocycles. The largest absolute Gasteiger partial charge is 0.336 e. The number of rotatable bonds is 2. The zero-order chi connectivity index (χ0) is 13.4. The third kappa shape index (κ3) is 2.69. The van der Waals surface area contributed by atoms with Gasteiger partial charge in [-0.25, -0.2) is 4.39 Å². The van der Waals surface area contributed by atoms with E-state index in [4.69, 9.17) is 0 Å². The predicted molar refractivity (Wildman–Crippen MR) is 75.7 cm³/mol. The molecular formula is C15H17BrFNO. The van der Waals surface area contributed by atoms with Gasteiger partial charge in [0.15, 0.2) is 0 Å². The molecule has 4 heteroatoms. The number of amides is 1. The first-order chi connectivity index (χ1) is 9.13. The fraction of sp³-hybridized carbons (Fsp3) is 0.533. The molecule has 102 valence electrons. The lowest BCUT2D eigenvalue weighted by molar-refractivity contribution is -0.134. The van der Waals surface area contributed by atoms with Crippen LogP contribution in [0, 0.1) is 5.82 Å². The molecule has 2 bridgehead atoms. The van der Waals surface area contributed by atoms with Crippen LogP contribution in [0.3, 0.4) is 0 Å². The second kappa shape index (κ2) is 5.23. The van der Waals surface area contributed by atoms with Gasteiger partial charge in [0.05, 0.1) is 6.42 Å². The first-order valence-corrected chi connectivity index (χ1v) is 7.74. The Hall–Kier alpha value is -0.900. The third-order valence-electron chi connectivity index (χ3n) is 4.21. The topological polar surface area (TPSA) is 20.3 Å². The summed E-state index contributed by atoms with van der Waals surface area (Å²) in [7, 11) is 0. The molecule has 2 nitrogen and oxygen atoms in total. The molecule has 2 aliphatic heterocycles. The first-order valence-electron chi connectivity index (χ1n) is 6.83. The maximum absolute atomic E-state index is 13.1. The quantitative estimate of drug-likeness (QED) is 0.764. The highest BCUT2D eigenvalue weighted by atomic mass is 79.9. The van der Waals surface area contributed by atoms with Crippen LogP contribution < -0.4 is 0 Å². The Bertz CT molecular complexity index is 479. The van der Waals surface area contributed by atoms with Gasteiger partial charge in [-0.2, -0.15) is 0 Å². The highest BCUT2D eigenvalue weighted by molar-refractivity contribution is 9.09. The van der Waals surface area contributed by atoms with Gasteiger partial charge in [-0.05, 0) is 43.4 Å². The molecule has 2 unspecified atom stereocenters. The highest BCUT2D eigenvalue weighted by Crippen LogP contribution is 2.38. The molecule has 19 heavy (non-hydrogen) atoms. The predicted octanol–water partition coefficient (Wildman–Crippen LogP) is 3.29. The number of hydrogen-bond donors (Lipinski definition) is 0. The van der Waals surface area contributed by atoms with Gasteiger partial charge in [0.2, 0.25) is 5.91 Å². The molecule has 2 heterocycles. The highest BCUT2D eigenvalue weighted by Gasteiger charge is 2.42. The lowest BCUT2D eigenvalue weighted by Crippen LogP contribution is -2.47. The maximum Gasteiger partial charge on any atom is 0.227 e. The van der Waals surface area contributed by atoms with Gasteiger partial charge in [0, 0.05) is 16.9 Å². The number of alkyl halides is 1. The van der Waals surface area contributed by atoms with Gasteiger partial charge in [0.1, 0.15) is 5.82 Å². The van der Waals surface area contributed by atoms with Gasteiger partial charge in [-0.15, -0.1) is 0 Å². The normalized spacial score (nSPS) is 29.6. The van der Waals surface area contributed by atoms with E-state index >= 15 is 0 Å². The average molecular weight is 326 g/mol. The minimum atomic E-state index is -0.271. The summed E-state index contributed by atoms with van der Waals surface area (Å²) in [6, 6.07) is 7.11. The molecular weight excluding hydrogens is 309 g/mol. The van der Waals surface area contributed by atoms with Crippen molar-refractivity contribution < 1.29 is 9.18 Å². The third-order valence-corrected chi connectivity index (χ3v) is 4.96. The number of piperidine rings is 1. The number of fused-ring (bicyclic) bond motifs is 2. The van der Waals surface area contributed by atoms with Crippen molar-refractivity contribution in [2.75, 3.05) is 0 Å². The zero-order valence-electron chi connectivity index (χ0n) is 10.7. The molecule has 0 saturated carbocycles. The molecule has 0 aliphatic carbocycles. The molecule has 2 fully saturated rings. The Morgan fingerprint density at radius 2 is 2.00 bits per heavy atom. The van der Waals surface area contributed by atoms with Crippen LogP contribution in [0.2, 0.25) is 0 Å². The summed E-state index contributed by atoms with van der Waals surface area (Å²) in [5.41, 5.74) is 0.769. The first kappa shape index (κ1) is 13.1. The minimum Gasteiger partial charge on any atom is -0.336 e. The van der Waals surface area contributed by atoms with Crippen molar-refractivity contribution in [2.24, 2.45) is 0 Å². The van der Waals surface area contributed by atoms with E-state index in [9.17, 15) is 9.18 Å². The standard InChI is InChI=1S/C15H17BrFNO/c16-11-8-13-4-5-14(9-11)18(13)15(19)7-10-2-1-3-12(17)6-10/h1-3,6,11,13-14H,4-5,7-9H2. The smallest absolute Gasteiger partial charge is 0.227 e. The summed E-state index contributed by atoms with van der Waals surface area (Å²) in [5.74, 6) is -0.120. The molecule has 3 rings (SSSR count). The lowest BCUT2D eigenvalue weighted by Gasteiger charge is -2.37. The summed E-state index contributed by atoms with van der Waals surface area (Å²) in [5, 5.41) is 0. The molecule has 0 aromatic heterocycles. The molecule has 0 radical (unpaired) electrons. The van der Waals surface area contributed by atoms with Crippen molar-refractivity contribution in [2.45, 2.75) is 49.0 Å². The lowest BCUT2D eigenvalue weighted by atomic mass is 10.0. The Kier molecular flexibility index (Phi) is 3.61. The van der Waals surface area contributed by atoms with E-state index in [2.05, 4.69) is 20.8 Å². The summed E-state index contributed by atoms with van der Waals surface area (Å²) in [6.45, 7) is 0. The Morgan fingerprint density at radius 3 is 2.63 bits per heavy atom. The number of hydrogen-bond acceptors (Lipinski definition) is 1. The van der Waals surface area contributed by atoms with E-state index in [1.54, 1.807) is 6.07 Å². The van der Waals surface area contributed by atoms with E-state index in [0.717, 1.165) is 31.2 Å². The Balaban J connectivity index is 1.71. The van der Waals surface area contributed by atoms with Gasteiger partial charge in [0.25, 0.3) is 0 Å². The van der Waals surface area contributed by atoms with Gasteiger partial charge in [-0.1, -0.05) is 28.1 Å². The van der Waals surface area contributed by atoms with Crippen molar-refractivity contribution in [3.05, 3.63) is 35.6 Å². The van der Waals surface area contributed by atoms with Crippen LogP contribution in [-0.2, 0) is 11.2 Å². The van der Waals surface area contributed by atoms with Crippen molar-refractivity contribution in [1.29, 1.82) is 0 Å². The summed E-state index contributed by atoms with van der Waals surface area (Å²) in [4.78, 5) is 15.0. The van der Waals surface area contributed by atoms with Crippen LogP contribution in [0.1, 0.15) is 31.2 Å². The maximum atomic E-state index is 13.1. The van der Waals surface area contributed by atoms with Gasteiger partial charge in [-0.3, -0.25) is 4.79 Å². The number of carbonyl (C=O) groups is 1. The Morgan fingerprint density at radius 1 is 1.32 bits per heavy atom. The van der Waals surface area contributed by atoms with Crippen LogP contribution in [0.15, 0.2) is 24.3 Å². The van der Waals surface area contributed by atoms with Crippen LogP contribution in [-0.4, -0.2) is 27.7 Å². The fourth-order valence-corrected chi connectivity index (χ4v) is 4.29. The van der Waals surface area contributed by atoms with Crippen LogP contribution in [0.25, 0.3) is 0 Å². The molecule has 2 atom stereocenters. The summed E-state index contributed by atoms with van der Waals surface area (Å²) >= 11 is 3.67. The molecule has 1 amide bonds. The van der Waals surface area contributed by atoms with Gasteiger partial charge >= 0.3 is 0 Å². The molecule has 1 aromatic carbocycles. The molecule has 0 N–H and O–H groups in total. The SMILES string of the molecule is O=C(Cc1cccc(F)c1)N1C2CCC1CC(Br)C2. The minimum absolute atomic E-state index is 0.150. The molecule has 2 aliphatic rings. The van der Waals surface area contributed by atoms with Crippen LogP contribution >= 0.6 is 15.9 Å². The second-order valence-corrected chi connectivity index (χ2v) is 6.86. The van der Waals surface area contributed by atoms with E-state index in [1.807, 2.05) is 6.07 Å². The number of nitrogens with zero attached hydrogens (tertiary/aromatic N) is 1. The average Bonchev–Trinajstić information content (AvgIpc) is 2.62. The van der Waals surface area contributed by atoms with Crippen LogP contribution in [0.4, 0.5) is 4.39 Å². The summed E-state index contributed by atoms with van der Waals surface area (Å²) in [6.07, 6.45) is 4.64. The van der Waals surface area contributed by atoms with Crippen molar-refractivity contribution >= 4 is 21.8 Å². The van der Waals surface area contributed by atoms with E-state index in [-0.39, 0.29) is 11.7 Å². The van der Waals surface area contributed by atoms with Crippen molar-refractivity contribution in [1.82, 2.24) is 4.90 Å². The van der Waals surface area contributed by atoms with Crippen LogP contribution in [0.5, 0.6) is 0 Å². The van der Waals surface area contributed by atoms with Crippen molar-refractivity contribution in [3.8, 4) is 0 Å². The monoisotopic (exact) mass is 325 g/mol. The van der Waals surface area contributed by atoms with E-state index in [0.29, 0.717) is 23.3 Å². The number of benzene rings is 1. The van der Waals surface area contributed by atoms with Crippen molar-refractivity contribution in [3.63, 3.8) is 0 Å². The van der Waals surface area contributed by atoms with E-state index < -0.39 is 0 Å². The fourth-order valence-electron chi connectivity index (χ4n) is 3.43. The number of carbonyl (C=O) groups excluding carboxylic acids is 1. The second-order valence-electron chi connectivity index (χ2n) is 5.56. The van der Waals surface area contributed by atoms with E-state index in [1.165, 1.54) is 12.1 Å². The van der Waals surface area contributed by atoms with Gasteiger partial charge < -0.3 is 4.90 Å². The molecule has 0 spiro atoms.